The van der Waals surface area contributed by atoms with Crippen molar-refractivity contribution in [3.05, 3.63) is 141 Å². The van der Waals surface area contributed by atoms with Gasteiger partial charge < -0.3 is 85.9 Å². The van der Waals surface area contributed by atoms with Crippen LogP contribution in [0.1, 0.15) is 106 Å². The number of fused-ring (bicyclic) bond motifs is 5. The fourth-order valence-electron chi connectivity index (χ4n) is 12.1. The average Bonchev–Trinajstić information content (AvgIpc) is 1.70. The van der Waals surface area contributed by atoms with Crippen LogP contribution in [0.25, 0.3) is 22.3 Å². The van der Waals surface area contributed by atoms with Crippen molar-refractivity contribution in [3.63, 3.8) is 0 Å². The molecule has 0 aliphatic carbocycles. The number of esters is 2. The van der Waals surface area contributed by atoms with E-state index in [1.54, 1.807) is 17.6 Å². The number of para-hydroxylation sites is 1. The summed E-state index contributed by atoms with van der Waals surface area (Å²) in [6.45, 7) is 7.81. The number of carboxylic acid groups (broad SMARTS) is 2. The van der Waals surface area contributed by atoms with Crippen molar-refractivity contribution < 1.29 is 90.3 Å². The Balaban J connectivity index is 0.645. The Morgan fingerprint density at radius 1 is 0.699 bits per heavy atom. The number of ether oxygens (including phenoxy) is 5. The number of aliphatic carboxylic acids is 2. The number of hydrogen-bond donors (Lipinski definition) is 11. The molecule has 0 saturated carbocycles. The molecule has 32 nitrogen and oxygen atoms in total. The van der Waals surface area contributed by atoms with E-state index in [-0.39, 0.29) is 118 Å². The van der Waals surface area contributed by atoms with Crippen LogP contribution in [0.5, 0.6) is 0 Å². The van der Waals surface area contributed by atoms with E-state index in [0.29, 0.717) is 48.6 Å². The lowest BCUT2D eigenvalue weighted by Gasteiger charge is -2.36. The summed E-state index contributed by atoms with van der Waals surface area (Å²) in [6.07, 6.45) is 0.104. The second kappa shape index (κ2) is 35.0. The van der Waals surface area contributed by atoms with Gasteiger partial charge in [0, 0.05) is 65.3 Å². The van der Waals surface area contributed by atoms with Gasteiger partial charge >= 0.3 is 42.0 Å². The molecule has 548 valence electrons. The van der Waals surface area contributed by atoms with Gasteiger partial charge in [0.15, 0.2) is 0 Å². The molecule has 5 heterocycles. The van der Waals surface area contributed by atoms with Crippen molar-refractivity contribution >= 4 is 103 Å². The van der Waals surface area contributed by atoms with Crippen LogP contribution in [0, 0.1) is 0 Å². The van der Waals surface area contributed by atoms with E-state index in [1.165, 1.54) is 79.7 Å². The molecule has 33 heteroatoms. The van der Waals surface area contributed by atoms with E-state index in [1.807, 2.05) is 38.1 Å². The van der Waals surface area contributed by atoms with Crippen LogP contribution in [0.2, 0.25) is 0 Å². The first kappa shape index (κ1) is 76.2. The molecule has 5 atom stereocenters. The topological polar surface area (TPSA) is 438 Å². The van der Waals surface area contributed by atoms with Crippen molar-refractivity contribution in [2.24, 2.45) is 0 Å². The Hall–Kier alpha value is -11.0. The summed E-state index contributed by atoms with van der Waals surface area (Å²) in [5.41, 5.74) is 2.70. The highest BCUT2D eigenvalue weighted by molar-refractivity contribution is 7.92. The molecule has 0 bridgehead atoms. The summed E-state index contributed by atoms with van der Waals surface area (Å²) in [5.74, 6) is -6.89. The quantitative estimate of drug-likeness (QED) is 0.0173. The first-order valence-electron chi connectivity index (χ1n) is 33.6. The number of benzene rings is 4. The first-order valence-corrected chi connectivity index (χ1v) is 35.1. The number of anilines is 4. The number of rotatable bonds is 34. The Morgan fingerprint density at radius 3 is 2.04 bits per heavy atom. The first-order chi connectivity index (χ1) is 49.4. The summed E-state index contributed by atoms with van der Waals surface area (Å²) >= 11 is 0. The molecule has 0 radical (unpaired) electrons. The van der Waals surface area contributed by atoms with Gasteiger partial charge in [-0.1, -0.05) is 57.2 Å². The van der Waals surface area contributed by atoms with E-state index in [0.717, 1.165) is 26.9 Å². The zero-order valence-electron chi connectivity index (χ0n) is 57.1. The van der Waals surface area contributed by atoms with E-state index in [2.05, 4.69) is 47.3 Å². The van der Waals surface area contributed by atoms with E-state index in [4.69, 9.17) is 28.7 Å². The van der Waals surface area contributed by atoms with Crippen molar-refractivity contribution in [1.29, 1.82) is 0 Å². The predicted octanol–water partition coefficient (Wildman–Crippen LogP) is 5.58. The number of nitrogens with zero attached hydrogens (tertiary/aromatic N) is 3. The molecular formula is C70H82N12O20S. The molecular weight excluding hydrogens is 1360 g/mol. The number of carboxylic acids is 2. The molecule has 1 fully saturated rings. The molecule has 1 saturated heterocycles. The number of aryl methyl sites for hydroxylation is 1. The maximum absolute atomic E-state index is 14.2. The third-order valence-corrected chi connectivity index (χ3v) is 18.6. The van der Waals surface area contributed by atoms with Gasteiger partial charge in [0.05, 0.1) is 92.4 Å². The van der Waals surface area contributed by atoms with Crippen LogP contribution in [0.4, 0.5) is 37.1 Å². The molecule has 5 unspecified atom stereocenters. The Bertz CT molecular complexity index is 4360. The summed E-state index contributed by atoms with van der Waals surface area (Å²) in [7, 11) is -4.19. The fourth-order valence-corrected chi connectivity index (χ4v) is 13.2. The molecule has 2 aromatic heterocycles. The third kappa shape index (κ3) is 19.3. The molecule has 3 aliphatic rings. The zero-order chi connectivity index (χ0) is 74.0. The number of pyridine rings is 2. The van der Waals surface area contributed by atoms with Crippen LogP contribution in [-0.2, 0) is 92.4 Å². The van der Waals surface area contributed by atoms with Crippen LogP contribution in [-0.4, -0.2) is 170 Å². The smallest absolute Gasteiger partial charge is 0.355 e. The van der Waals surface area contributed by atoms with Crippen LogP contribution < -0.4 is 52.8 Å². The van der Waals surface area contributed by atoms with Crippen LogP contribution in [0.3, 0.4) is 0 Å². The molecule has 9 rings (SSSR count). The fraction of sp³-hybridized carbons (Fsp3) is 0.400. The Morgan fingerprint density at radius 2 is 1.35 bits per heavy atom. The van der Waals surface area contributed by atoms with Crippen molar-refractivity contribution in [3.8, 4) is 11.4 Å². The minimum atomic E-state index is -4.19. The third-order valence-electron chi connectivity index (χ3n) is 17.2. The number of urea groups is 3. The highest BCUT2D eigenvalue weighted by Crippen LogP contribution is 2.42. The monoisotopic (exact) mass is 1440 g/mol. The van der Waals surface area contributed by atoms with Gasteiger partial charge in [-0.05, 0) is 117 Å². The molecule has 9 amide bonds. The number of likely N-dealkylation sites (tertiary alicyclic amines) is 1. The van der Waals surface area contributed by atoms with Gasteiger partial charge in [0.25, 0.3) is 15.6 Å². The molecule has 4 aromatic carbocycles. The summed E-state index contributed by atoms with van der Waals surface area (Å²) in [4.78, 5) is 151. The zero-order valence-corrected chi connectivity index (χ0v) is 57.9. The average molecular weight is 1440 g/mol. The lowest BCUT2D eigenvalue weighted by Crippen LogP contribution is -2.56. The second-order valence-electron chi connectivity index (χ2n) is 24.4. The van der Waals surface area contributed by atoms with Gasteiger partial charge in [0.1, 0.15) is 24.7 Å². The van der Waals surface area contributed by atoms with Crippen LogP contribution >= 0.6 is 0 Å². The maximum atomic E-state index is 14.2. The van der Waals surface area contributed by atoms with Crippen LogP contribution in [0.15, 0.2) is 113 Å². The molecule has 6 aromatic rings. The Kier molecular flexibility index (Phi) is 25.9. The summed E-state index contributed by atoms with van der Waals surface area (Å²) in [5, 5.41) is 41.1. The van der Waals surface area contributed by atoms with Crippen molar-refractivity contribution in [2.45, 2.75) is 127 Å². The van der Waals surface area contributed by atoms with E-state index >= 15 is 0 Å². The number of sulfonamides is 1. The molecule has 11 N–H and O–H groups in total. The number of amides is 9. The number of cyclic esters (lactones) is 1. The van der Waals surface area contributed by atoms with E-state index in [9.17, 15) is 71.4 Å². The van der Waals surface area contributed by atoms with Crippen molar-refractivity contribution in [1.82, 2.24) is 41.0 Å². The summed E-state index contributed by atoms with van der Waals surface area (Å²) < 4.78 is 58.8. The lowest BCUT2D eigenvalue weighted by atomic mass is 9.85. The molecule has 0 spiro atoms. The Labute approximate surface area is 591 Å². The van der Waals surface area contributed by atoms with Gasteiger partial charge in [0.2, 0.25) is 23.3 Å². The lowest BCUT2D eigenvalue weighted by molar-refractivity contribution is -0.190. The number of nitrogens with one attached hydrogen (secondary N) is 9. The highest BCUT2D eigenvalue weighted by atomic mass is 32.2. The minimum absolute atomic E-state index is 0.0368. The maximum Gasteiger partial charge on any atom is 0.355 e. The molecule has 3 aliphatic heterocycles. The molecule has 103 heavy (non-hydrogen) atoms. The van der Waals surface area contributed by atoms with Crippen molar-refractivity contribution in [2.75, 3.05) is 79.9 Å². The normalized spacial score (nSPS) is 15.9. The number of carbonyl (C=O) groups is 10. The number of carbonyl (C=O) groups excluding carboxylic acids is 8. The van der Waals surface area contributed by atoms with Gasteiger partial charge in [-0.25, -0.2) is 37.4 Å². The summed E-state index contributed by atoms with van der Waals surface area (Å²) in [6, 6.07) is 19.7. The second-order valence-corrected chi connectivity index (χ2v) is 26.0. The standard InChI is InChI=1S/C70H82N12O20S/c1-5-25-71-67(93)76-45-14-11-16-47(35-45)103(96,97)80-46-15-10-13-42(34-46)54(37-59(84)85)79-69(95)75-44-22-20-43(21-23-44)74-68(94)72-26-29-99-31-33-100-32-30-98-28-24-58(83)77-55(38-60(86)87)64(90)81-27-12-19-56(81)62(88)73-41(4)65(91)102-70(7-3)52-36-57-61-50(39-82(57)63(89)51(52)40-101-66(70)92)48(6-2)49-17-8-9-18-53(49)78-61/h8-11,13-18,20-23,34-36,41,54-56,80H,5-7,12,19,24-33,37-40H2,1-4H3,(H,73,88)(H,77,83)(H,84,85)(H,86,87)(H2,71,76,93)(H2,72,74,94)(H2,75,79,95). The van der Waals surface area contributed by atoms with Gasteiger partial charge in [-0.2, -0.15) is 0 Å². The van der Waals surface area contributed by atoms with Gasteiger partial charge in [-0.3, -0.25) is 33.5 Å². The predicted molar refractivity (Wildman–Crippen MR) is 373 cm³/mol. The van der Waals surface area contributed by atoms with Gasteiger partial charge in [-0.15, -0.1) is 0 Å². The SMILES string of the molecule is CCCNC(=O)Nc1cccc(S(=O)(=O)Nc2cccc(C(CC(=O)O)NC(=O)Nc3ccc(NC(=O)NCCOCCOCCOCCC(=O)NC(CC(=O)O)C(=O)N4CCCC4C(=O)NC(C)C(=O)OC4(CC)C(=O)OCc5c4cc4n(c5=O)Cc5c-4nc4ccccc4c5CC)cc3)c2)c1. The largest absolute Gasteiger partial charge is 0.481 e. The number of aromatic nitrogens is 2. The highest BCUT2D eigenvalue weighted by Gasteiger charge is 2.51. The minimum Gasteiger partial charge on any atom is -0.481 e. The van der Waals surface area contributed by atoms with E-state index < -0.39 is 118 Å². The number of hydrogen-bond acceptors (Lipinski definition) is 19.